The number of rotatable bonds is 3. The predicted octanol–water partition coefficient (Wildman–Crippen LogP) is 0.589. The molecule has 3 N–H and O–H groups in total. The van der Waals surface area contributed by atoms with Gasteiger partial charge in [0.15, 0.2) is 5.82 Å². The third-order valence-electron chi connectivity index (χ3n) is 2.96. The molecule has 2 unspecified atom stereocenters. The number of nitrogens with two attached hydrogens (primary N) is 1. The van der Waals surface area contributed by atoms with Gasteiger partial charge in [0, 0.05) is 12.5 Å². The van der Waals surface area contributed by atoms with Crippen molar-refractivity contribution in [1.82, 2.24) is 10.1 Å². The number of aromatic nitrogens is 2. The van der Waals surface area contributed by atoms with Gasteiger partial charge in [0.05, 0.1) is 12.5 Å². The maximum atomic E-state index is 8.74. The molecule has 5 nitrogen and oxygen atoms in total. The SMILES string of the molecule is NC1CCCCC1c1nc(CCO)no1. The second kappa shape index (κ2) is 4.72. The molecule has 0 aliphatic heterocycles. The molecule has 1 aliphatic carbocycles. The van der Waals surface area contributed by atoms with Gasteiger partial charge in [-0.2, -0.15) is 4.98 Å². The Labute approximate surface area is 88.7 Å². The molecule has 2 rings (SSSR count). The average Bonchev–Trinajstić information content (AvgIpc) is 2.68. The average molecular weight is 211 g/mol. The van der Waals surface area contributed by atoms with Crippen molar-refractivity contribution in [2.24, 2.45) is 5.73 Å². The van der Waals surface area contributed by atoms with Gasteiger partial charge in [0.25, 0.3) is 0 Å². The molecule has 15 heavy (non-hydrogen) atoms. The Balaban J connectivity index is 2.06. The van der Waals surface area contributed by atoms with Gasteiger partial charge in [-0.1, -0.05) is 18.0 Å². The fraction of sp³-hybridized carbons (Fsp3) is 0.800. The lowest BCUT2D eigenvalue weighted by Gasteiger charge is -2.25. The molecule has 5 heteroatoms. The molecule has 1 fully saturated rings. The smallest absolute Gasteiger partial charge is 0.231 e. The van der Waals surface area contributed by atoms with Crippen LogP contribution in [0.4, 0.5) is 0 Å². The van der Waals surface area contributed by atoms with Crippen LogP contribution >= 0.6 is 0 Å². The molecule has 1 aliphatic rings. The van der Waals surface area contributed by atoms with Crippen LogP contribution in [-0.2, 0) is 6.42 Å². The summed E-state index contributed by atoms with van der Waals surface area (Å²) in [5.41, 5.74) is 6.02. The summed E-state index contributed by atoms with van der Waals surface area (Å²) in [6, 6.07) is 0.140. The van der Waals surface area contributed by atoms with Crippen LogP contribution in [0.25, 0.3) is 0 Å². The quantitative estimate of drug-likeness (QED) is 0.764. The van der Waals surface area contributed by atoms with Gasteiger partial charge in [-0.3, -0.25) is 0 Å². The molecule has 1 aromatic rings. The van der Waals surface area contributed by atoms with E-state index in [4.69, 9.17) is 15.4 Å². The maximum absolute atomic E-state index is 8.74. The zero-order chi connectivity index (χ0) is 10.7. The summed E-state index contributed by atoms with van der Waals surface area (Å²) < 4.78 is 5.17. The first-order chi connectivity index (χ1) is 7.31. The van der Waals surface area contributed by atoms with Crippen LogP contribution in [0.5, 0.6) is 0 Å². The van der Waals surface area contributed by atoms with E-state index in [-0.39, 0.29) is 18.6 Å². The standard InChI is InChI=1S/C10H17N3O2/c11-8-4-2-1-3-7(8)10-12-9(5-6-14)13-15-10/h7-8,14H,1-6,11H2. The molecule has 0 amide bonds. The minimum Gasteiger partial charge on any atom is -0.396 e. The van der Waals surface area contributed by atoms with Crippen LogP contribution in [0.1, 0.15) is 43.3 Å². The van der Waals surface area contributed by atoms with E-state index in [0.29, 0.717) is 18.1 Å². The third-order valence-corrected chi connectivity index (χ3v) is 2.96. The van der Waals surface area contributed by atoms with Crippen molar-refractivity contribution in [3.05, 3.63) is 11.7 Å². The first-order valence-electron chi connectivity index (χ1n) is 5.50. The van der Waals surface area contributed by atoms with Crippen LogP contribution < -0.4 is 5.73 Å². The van der Waals surface area contributed by atoms with E-state index in [9.17, 15) is 0 Å². The predicted molar refractivity (Wildman–Crippen MR) is 54.3 cm³/mol. The Morgan fingerprint density at radius 3 is 2.93 bits per heavy atom. The van der Waals surface area contributed by atoms with Crippen molar-refractivity contribution >= 4 is 0 Å². The highest BCUT2D eigenvalue weighted by Gasteiger charge is 2.28. The lowest BCUT2D eigenvalue weighted by Crippen LogP contribution is -2.31. The van der Waals surface area contributed by atoms with Gasteiger partial charge in [-0.15, -0.1) is 0 Å². The van der Waals surface area contributed by atoms with E-state index in [0.717, 1.165) is 12.8 Å². The maximum Gasteiger partial charge on any atom is 0.231 e. The Bertz CT molecular complexity index is 313. The van der Waals surface area contributed by atoms with E-state index < -0.39 is 0 Å². The molecule has 0 saturated heterocycles. The fourth-order valence-corrected chi connectivity index (χ4v) is 2.09. The summed E-state index contributed by atoms with van der Waals surface area (Å²) in [5, 5.41) is 12.6. The van der Waals surface area contributed by atoms with E-state index in [1.165, 1.54) is 12.8 Å². The largest absolute Gasteiger partial charge is 0.396 e. The summed E-state index contributed by atoms with van der Waals surface area (Å²) in [4.78, 5) is 4.26. The zero-order valence-electron chi connectivity index (χ0n) is 8.72. The van der Waals surface area contributed by atoms with Gasteiger partial charge in [-0.25, -0.2) is 0 Å². The van der Waals surface area contributed by atoms with Crippen LogP contribution in [-0.4, -0.2) is 27.9 Å². The van der Waals surface area contributed by atoms with Crippen molar-refractivity contribution in [2.45, 2.75) is 44.1 Å². The van der Waals surface area contributed by atoms with Crippen molar-refractivity contribution in [3.63, 3.8) is 0 Å². The summed E-state index contributed by atoms with van der Waals surface area (Å²) in [6.45, 7) is 0.0513. The normalized spacial score (nSPS) is 26.8. The summed E-state index contributed by atoms with van der Waals surface area (Å²) in [6.07, 6.45) is 4.88. The molecule has 0 aromatic carbocycles. The minimum absolute atomic E-state index is 0.0513. The van der Waals surface area contributed by atoms with Crippen molar-refractivity contribution < 1.29 is 9.63 Å². The Hall–Kier alpha value is -0.940. The topological polar surface area (TPSA) is 85.2 Å². The molecule has 0 bridgehead atoms. The third kappa shape index (κ3) is 2.35. The highest BCUT2D eigenvalue weighted by Crippen LogP contribution is 2.30. The van der Waals surface area contributed by atoms with Gasteiger partial charge in [-0.05, 0) is 12.8 Å². The Morgan fingerprint density at radius 1 is 1.40 bits per heavy atom. The van der Waals surface area contributed by atoms with Crippen LogP contribution in [0.3, 0.4) is 0 Å². The molecular formula is C10H17N3O2. The monoisotopic (exact) mass is 211 g/mol. The molecule has 1 aromatic heterocycles. The number of hydrogen-bond acceptors (Lipinski definition) is 5. The summed E-state index contributed by atoms with van der Waals surface area (Å²) in [5.74, 6) is 1.43. The van der Waals surface area contributed by atoms with E-state index >= 15 is 0 Å². The van der Waals surface area contributed by atoms with Crippen LogP contribution in [0.2, 0.25) is 0 Å². The molecule has 2 atom stereocenters. The van der Waals surface area contributed by atoms with Crippen LogP contribution in [0.15, 0.2) is 4.52 Å². The Morgan fingerprint density at radius 2 is 2.20 bits per heavy atom. The number of hydrogen-bond donors (Lipinski definition) is 2. The van der Waals surface area contributed by atoms with E-state index in [1.54, 1.807) is 0 Å². The molecule has 0 spiro atoms. The van der Waals surface area contributed by atoms with E-state index in [2.05, 4.69) is 10.1 Å². The second-order valence-corrected chi connectivity index (χ2v) is 4.08. The zero-order valence-corrected chi connectivity index (χ0v) is 8.72. The lowest BCUT2D eigenvalue weighted by molar-refractivity contribution is 0.282. The fourth-order valence-electron chi connectivity index (χ4n) is 2.09. The molecular weight excluding hydrogens is 194 g/mol. The van der Waals surface area contributed by atoms with Crippen molar-refractivity contribution in [2.75, 3.05) is 6.61 Å². The van der Waals surface area contributed by atoms with E-state index in [1.807, 2.05) is 0 Å². The summed E-state index contributed by atoms with van der Waals surface area (Å²) >= 11 is 0. The lowest BCUT2D eigenvalue weighted by atomic mass is 9.85. The molecule has 0 radical (unpaired) electrons. The van der Waals surface area contributed by atoms with Gasteiger partial charge in [0.1, 0.15) is 0 Å². The Kier molecular flexibility index (Phi) is 3.33. The molecule has 1 saturated carbocycles. The highest BCUT2D eigenvalue weighted by molar-refractivity contribution is 5.00. The molecule has 84 valence electrons. The highest BCUT2D eigenvalue weighted by atomic mass is 16.5. The number of aliphatic hydroxyl groups excluding tert-OH is 1. The van der Waals surface area contributed by atoms with Gasteiger partial charge in [0.2, 0.25) is 5.89 Å². The first-order valence-corrected chi connectivity index (χ1v) is 5.50. The molecule has 1 heterocycles. The van der Waals surface area contributed by atoms with Crippen LogP contribution in [0, 0.1) is 0 Å². The summed E-state index contributed by atoms with van der Waals surface area (Å²) in [7, 11) is 0. The van der Waals surface area contributed by atoms with Crippen molar-refractivity contribution in [1.29, 1.82) is 0 Å². The number of aliphatic hydroxyl groups is 1. The van der Waals surface area contributed by atoms with Gasteiger partial charge < -0.3 is 15.4 Å². The van der Waals surface area contributed by atoms with Gasteiger partial charge >= 0.3 is 0 Å². The first kappa shape index (κ1) is 10.6. The number of nitrogens with zero attached hydrogens (tertiary/aromatic N) is 2. The minimum atomic E-state index is 0.0513. The van der Waals surface area contributed by atoms with Crippen molar-refractivity contribution in [3.8, 4) is 0 Å². The second-order valence-electron chi connectivity index (χ2n) is 4.08.